The molecule has 1 aromatic heterocycles. The summed E-state index contributed by atoms with van der Waals surface area (Å²) in [6.45, 7) is 16.8. The molecule has 40 heavy (non-hydrogen) atoms. The van der Waals surface area contributed by atoms with Crippen molar-refractivity contribution in [3.8, 4) is 0 Å². The number of aliphatic hydroxyl groups excluding tert-OH is 1. The van der Waals surface area contributed by atoms with E-state index in [1.807, 2.05) is 19.9 Å². The molecular weight excluding hydrogens is 531 g/mol. The van der Waals surface area contributed by atoms with E-state index in [9.17, 15) is 18.3 Å². The third-order valence-electron chi connectivity index (χ3n) is 8.66. The lowest BCUT2D eigenvalue weighted by atomic mass is 9.79. The fraction of sp³-hybridized carbons (Fsp3) is 0.548. The molecule has 1 heterocycles. The van der Waals surface area contributed by atoms with Crippen molar-refractivity contribution >= 4 is 25.0 Å². The van der Waals surface area contributed by atoms with Crippen molar-refractivity contribution in [1.29, 1.82) is 0 Å². The van der Waals surface area contributed by atoms with E-state index in [4.69, 9.17) is 4.43 Å². The summed E-state index contributed by atoms with van der Waals surface area (Å²) in [5, 5.41) is 15.5. The summed E-state index contributed by atoms with van der Waals surface area (Å²) in [4.78, 5) is 9.30. The second kappa shape index (κ2) is 11.1. The molecule has 218 valence electrons. The Balaban J connectivity index is 1.61. The van der Waals surface area contributed by atoms with Gasteiger partial charge in [0.05, 0.1) is 17.2 Å². The number of hydrogen-bond donors (Lipinski definition) is 2. The Morgan fingerprint density at radius 1 is 1.05 bits per heavy atom. The lowest BCUT2D eigenvalue weighted by Crippen LogP contribution is -2.46. The van der Waals surface area contributed by atoms with Crippen molar-refractivity contribution in [2.75, 3.05) is 5.32 Å². The fourth-order valence-electron chi connectivity index (χ4n) is 5.34. The summed E-state index contributed by atoms with van der Waals surface area (Å²) in [6.07, 6.45) is -2.61. The summed E-state index contributed by atoms with van der Waals surface area (Å²) in [6, 6.07) is 9.06. The molecule has 2 aromatic carbocycles. The molecule has 4 rings (SSSR count). The molecule has 1 aliphatic rings. The van der Waals surface area contributed by atoms with Crippen LogP contribution in [0.15, 0.2) is 36.4 Å². The van der Waals surface area contributed by atoms with Crippen LogP contribution in [0.1, 0.15) is 87.0 Å². The van der Waals surface area contributed by atoms with Gasteiger partial charge in [-0.15, -0.1) is 0 Å². The molecule has 9 heteroatoms. The summed E-state index contributed by atoms with van der Waals surface area (Å²) in [5.41, 5.74) is 2.62. The Kier molecular flexibility index (Phi) is 8.42. The van der Waals surface area contributed by atoms with Crippen LogP contribution in [0.3, 0.4) is 0 Å². The minimum Gasteiger partial charge on any atom is -0.414 e. The smallest absolute Gasteiger partial charge is 0.414 e. The van der Waals surface area contributed by atoms with E-state index in [-0.39, 0.29) is 17.1 Å². The summed E-state index contributed by atoms with van der Waals surface area (Å²) in [7, 11) is -1.94. The maximum absolute atomic E-state index is 13.3. The van der Waals surface area contributed by atoms with Gasteiger partial charge in [-0.2, -0.15) is 13.2 Å². The number of halogens is 3. The number of nitrogens with zero attached hydrogens (tertiary/aromatic N) is 2. The van der Waals surface area contributed by atoms with Crippen molar-refractivity contribution in [3.63, 3.8) is 0 Å². The van der Waals surface area contributed by atoms with E-state index in [1.54, 1.807) is 13.0 Å². The number of anilines is 1. The van der Waals surface area contributed by atoms with Gasteiger partial charge in [0, 0.05) is 23.4 Å². The number of hydrogen-bond acceptors (Lipinski definition) is 5. The topological polar surface area (TPSA) is 67.3 Å². The molecule has 2 unspecified atom stereocenters. The number of nitrogens with one attached hydrogen (secondary N) is 1. The number of alkyl halides is 3. The monoisotopic (exact) mass is 573 g/mol. The second-order valence-corrected chi connectivity index (χ2v) is 17.6. The van der Waals surface area contributed by atoms with E-state index in [1.165, 1.54) is 12.1 Å². The van der Waals surface area contributed by atoms with Gasteiger partial charge in [-0.1, -0.05) is 39.0 Å². The van der Waals surface area contributed by atoms with Gasteiger partial charge in [0.2, 0.25) is 0 Å². The lowest BCUT2D eigenvalue weighted by molar-refractivity contribution is -0.137. The van der Waals surface area contributed by atoms with Crippen molar-refractivity contribution in [2.45, 2.75) is 109 Å². The lowest BCUT2D eigenvalue weighted by Gasteiger charge is -2.42. The predicted octanol–water partition coefficient (Wildman–Crippen LogP) is 8.46. The van der Waals surface area contributed by atoms with Gasteiger partial charge in [-0.3, -0.25) is 0 Å². The molecule has 0 saturated heterocycles. The molecule has 0 aliphatic heterocycles. The summed E-state index contributed by atoms with van der Waals surface area (Å²) < 4.78 is 46.5. The highest BCUT2D eigenvalue weighted by Gasteiger charge is 2.41. The van der Waals surface area contributed by atoms with Crippen LogP contribution in [-0.4, -0.2) is 35.6 Å². The molecule has 5 nitrogen and oxygen atoms in total. The molecule has 0 radical (unpaired) electrons. The highest BCUT2D eigenvalue weighted by Crippen LogP contribution is 2.42. The van der Waals surface area contributed by atoms with E-state index in [0.717, 1.165) is 40.9 Å². The largest absolute Gasteiger partial charge is 0.416 e. The Hall–Kier alpha value is -2.49. The Labute approximate surface area is 236 Å². The maximum atomic E-state index is 13.3. The van der Waals surface area contributed by atoms with Crippen LogP contribution in [0.5, 0.6) is 0 Å². The average Bonchev–Trinajstić information content (AvgIpc) is 2.83. The molecule has 1 aliphatic carbocycles. The van der Waals surface area contributed by atoms with Crippen molar-refractivity contribution in [1.82, 2.24) is 9.97 Å². The second-order valence-electron chi connectivity index (χ2n) is 12.8. The minimum absolute atomic E-state index is 0.0441. The van der Waals surface area contributed by atoms with Gasteiger partial charge in [0.25, 0.3) is 0 Å². The minimum atomic E-state index is -4.41. The molecule has 1 fully saturated rings. The standard InChI is InChI=1S/C31H42F3N3O2Si/c1-18-14-22(25-13-12-24(17-27(25)38)39-40(7,8)30(4,5)6)16-26-28(18)36-20(3)37-29(26)35-19(2)21-10-9-11-23(15-21)31(32,33)34/h9-11,14-16,19,24-25,27,38H,12-13,17H2,1-8H3,(H,35,36,37)/t19-,24?,25-,27?/m1/s1. The van der Waals surface area contributed by atoms with Crippen LogP contribution in [0.2, 0.25) is 18.1 Å². The first-order valence-electron chi connectivity index (χ1n) is 14.0. The summed E-state index contributed by atoms with van der Waals surface area (Å²) in [5.74, 6) is 1.10. The van der Waals surface area contributed by atoms with Gasteiger partial charge < -0.3 is 14.8 Å². The van der Waals surface area contributed by atoms with Crippen LogP contribution in [-0.2, 0) is 10.6 Å². The first-order chi connectivity index (χ1) is 18.5. The van der Waals surface area contributed by atoms with E-state index in [2.05, 4.69) is 55.2 Å². The summed E-state index contributed by atoms with van der Waals surface area (Å²) >= 11 is 0. The van der Waals surface area contributed by atoms with Gasteiger partial charge in [0.15, 0.2) is 8.32 Å². The zero-order valence-corrected chi connectivity index (χ0v) is 25.8. The van der Waals surface area contributed by atoms with E-state index < -0.39 is 32.2 Å². The van der Waals surface area contributed by atoms with Gasteiger partial charge in [-0.05, 0) is 93.1 Å². The fourth-order valence-corrected chi connectivity index (χ4v) is 6.74. The quantitative estimate of drug-likeness (QED) is 0.290. The molecule has 0 spiro atoms. The highest BCUT2D eigenvalue weighted by molar-refractivity contribution is 6.74. The number of aryl methyl sites for hydroxylation is 2. The predicted molar refractivity (Wildman–Crippen MR) is 157 cm³/mol. The number of benzene rings is 2. The number of aromatic nitrogens is 2. The molecule has 2 N–H and O–H groups in total. The van der Waals surface area contributed by atoms with Crippen LogP contribution in [0, 0.1) is 13.8 Å². The molecule has 0 bridgehead atoms. The molecule has 4 atom stereocenters. The van der Waals surface area contributed by atoms with Crippen molar-refractivity contribution < 1.29 is 22.7 Å². The first kappa shape index (κ1) is 30.5. The SMILES string of the molecule is Cc1nc(N[C@H](C)c2cccc(C(F)(F)F)c2)c2cc([C@H]3CCC(O[Si](C)(C)C(C)(C)C)CC3O)cc(C)c2n1. The average molecular weight is 574 g/mol. The Morgan fingerprint density at radius 2 is 1.75 bits per heavy atom. The van der Waals surface area contributed by atoms with Crippen LogP contribution in [0.25, 0.3) is 10.9 Å². The number of aliphatic hydroxyl groups is 1. The van der Waals surface area contributed by atoms with Crippen LogP contribution in [0.4, 0.5) is 19.0 Å². The zero-order valence-electron chi connectivity index (χ0n) is 24.8. The van der Waals surface area contributed by atoms with Crippen LogP contribution < -0.4 is 5.32 Å². The third kappa shape index (κ3) is 6.52. The first-order valence-corrected chi connectivity index (χ1v) is 17.0. The molecular formula is C31H42F3N3O2Si. The maximum Gasteiger partial charge on any atom is 0.416 e. The Bertz CT molecular complexity index is 1370. The van der Waals surface area contributed by atoms with E-state index >= 15 is 0 Å². The van der Waals surface area contributed by atoms with Crippen molar-refractivity contribution in [2.24, 2.45) is 0 Å². The van der Waals surface area contributed by atoms with Gasteiger partial charge in [0.1, 0.15) is 11.6 Å². The molecule has 0 amide bonds. The Morgan fingerprint density at radius 3 is 2.38 bits per heavy atom. The van der Waals surface area contributed by atoms with Crippen molar-refractivity contribution in [3.05, 3.63) is 64.5 Å². The zero-order chi connectivity index (χ0) is 29.6. The van der Waals surface area contributed by atoms with E-state index in [0.29, 0.717) is 23.6 Å². The molecule has 1 saturated carbocycles. The highest BCUT2D eigenvalue weighted by atomic mass is 28.4. The third-order valence-corrected chi connectivity index (χ3v) is 13.2. The van der Waals surface area contributed by atoms with Crippen LogP contribution >= 0.6 is 0 Å². The van der Waals surface area contributed by atoms with Gasteiger partial charge in [-0.25, -0.2) is 9.97 Å². The van der Waals surface area contributed by atoms with Gasteiger partial charge >= 0.3 is 6.18 Å². The number of fused-ring (bicyclic) bond motifs is 1. The number of rotatable bonds is 6. The molecule has 3 aromatic rings. The normalized spacial score (nSPS) is 21.4.